The molecule has 0 unspecified atom stereocenters. The van der Waals surface area contributed by atoms with E-state index in [9.17, 15) is 4.79 Å². The second kappa shape index (κ2) is 5.56. The van der Waals surface area contributed by atoms with E-state index in [4.69, 9.17) is 10.2 Å². The van der Waals surface area contributed by atoms with Gasteiger partial charge in [-0.3, -0.25) is 4.79 Å². The standard InChI is InChI=1S/C4H8O3.Na/c1-3(5)2-4(6)7;/h3,5H,2H2,1H3,(H,6,7);/t3-;/m1./s1/i1+1,2+1;. The first-order chi connectivity index (χ1) is 3.13. The molecule has 0 heterocycles. The molecule has 43 valence electrons. The molecule has 0 aliphatic carbocycles. The first kappa shape index (κ1) is 11.3. The summed E-state index contributed by atoms with van der Waals surface area (Å²) in [7, 11) is 0. The Hall–Kier alpha value is 0.430. The van der Waals surface area contributed by atoms with Crippen molar-refractivity contribution in [2.24, 2.45) is 0 Å². The van der Waals surface area contributed by atoms with Crippen LogP contribution in [0.3, 0.4) is 0 Å². The first-order valence-corrected chi connectivity index (χ1v) is 2.03. The number of hydrogen-bond donors (Lipinski definition) is 2. The predicted octanol–water partition coefficient (Wildman–Crippen LogP) is -0.539. The van der Waals surface area contributed by atoms with E-state index in [1.165, 1.54) is 6.92 Å². The van der Waals surface area contributed by atoms with Gasteiger partial charge < -0.3 is 10.2 Å². The second-order valence-electron chi connectivity index (χ2n) is 1.45. The van der Waals surface area contributed by atoms with Gasteiger partial charge in [0.15, 0.2) is 0 Å². The summed E-state index contributed by atoms with van der Waals surface area (Å²) in [5, 5.41) is 16.3. The maximum atomic E-state index is 9.65. The van der Waals surface area contributed by atoms with Gasteiger partial charge in [0.05, 0.1) is 12.5 Å². The Balaban J connectivity index is 0. The SMILES string of the molecule is [13CH3][C@@H](O)[13CH2]C(=O)O.[Na]. The van der Waals surface area contributed by atoms with E-state index >= 15 is 0 Å². The predicted molar refractivity (Wildman–Crippen MR) is 29.7 cm³/mol. The van der Waals surface area contributed by atoms with Gasteiger partial charge >= 0.3 is 5.97 Å². The van der Waals surface area contributed by atoms with Crippen molar-refractivity contribution in [3.63, 3.8) is 0 Å². The van der Waals surface area contributed by atoms with E-state index in [1.807, 2.05) is 0 Å². The molecule has 4 heteroatoms. The quantitative estimate of drug-likeness (QED) is 0.389. The molecule has 0 aromatic heterocycles. The molecule has 0 amide bonds. The number of aliphatic carboxylic acids is 1. The summed E-state index contributed by atoms with van der Waals surface area (Å²) in [5.41, 5.74) is 0. The third kappa shape index (κ3) is 9.66. The van der Waals surface area contributed by atoms with E-state index < -0.39 is 12.1 Å². The van der Waals surface area contributed by atoms with Gasteiger partial charge in [-0.05, 0) is 6.92 Å². The summed E-state index contributed by atoms with van der Waals surface area (Å²) >= 11 is 0. The molecule has 0 bridgehead atoms. The first-order valence-electron chi connectivity index (χ1n) is 2.03. The fourth-order valence-electron chi connectivity index (χ4n) is 0.253. The van der Waals surface area contributed by atoms with Gasteiger partial charge in [-0.15, -0.1) is 0 Å². The van der Waals surface area contributed by atoms with Crippen molar-refractivity contribution in [3.05, 3.63) is 0 Å². The third-order valence-corrected chi connectivity index (χ3v) is 0.470. The number of aliphatic hydroxyl groups is 1. The molecule has 8 heavy (non-hydrogen) atoms. The van der Waals surface area contributed by atoms with Crippen LogP contribution < -0.4 is 0 Å². The molecule has 3 nitrogen and oxygen atoms in total. The smallest absolute Gasteiger partial charge is 0.305 e. The van der Waals surface area contributed by atoms with Crippen molar-refractivity contribution in [2.45, 2.75) is 19.4 Å². The molecule has 0 saturated carbocycles. The molecule has 0 rings (SSSR count). The molecule has 2 N–H and O–H groups in total. The minimum Gasteiger partial charge on any atom is -0.481 e. The molecule has 0 aliphatic rings. The van der Waals surface area contributed by atoms with Crippen LogP contribution >= 0.6 is 0 Å². The Morgan fingerprint density at radius 2 is 2.12 bits per heavy atom. The van der Waals surface area contributed by atoms with Crippen LogP contribution in [0.25, 0.3) is 0 Å². The molecular weight excluding hydrogens is 121 g/mol. The average molecular weight is 129 g/mol. The monoisotopic (exact) mass is 129 g/mol. The maximum absolute atomic E-state index is 9.65. The van der Waals surface area contributed by atoms with Crippen LogP contribution in [0.4, 0.5) is 0 Å². The summed E-state index contributed by atoms with van der Waals surface area (Å²) in [6.45, 7) is 1.44. The van der Waals surface area contributed by atoms with Gasteiger partial charge in [-0.2, -0.15) is 0 Å². The Bertz CT molecular complexity index is 71.7. The Morgan fingerprint density at radius 1 is 1.75 bits per heavy atom. The summed E-state index contributed by atoms with van der Waals surface area (Å²) in [5.74, 6) is -0.963. The molecule has 1 atom stereocenters. The number of rotatable bonds is 2. The molecule has 0 aromatic rings. The van der Waals surface area contributed by atoms with Crippen LogP contribution in [0.15, 0.2) is 0 Å². The van der Waals surface area contributed by atoms with Crippen LogP contribution in [-0.2, 0) is 4.79 Å². The van der Waals surface area contributed by atoms with Crippen LogP contribution in [0, 0.1) is 0 Å². The van der Waals surface area contributed by atoms with Gasteiger partial charge in [0, 0.05) is 29.6 Å². The fourth-order valence-corrected chi connectivity index (χ4v) is 0.253. The second-order valence-corrected chi connectivity index (χ2v) is 1.45. The summed E-state index contributed by atoms with van der Waals surface area (Å²) < 4.78 is 0. The van der Waals surface area contributed by atoms with E-state index in [0.29, 0.717) is 0 Å². The zero-order valence-corrected chi connectivity index (χ0v) is 7.09. The van der Waals surface area contributed by atoms with E-state index in [-0.39, 0.29) is 36.0 Å². The summed E-state index contributed by atoms with van der Waals surface area (Å²) in [4.78, 5) is 9.65. The number of hydrogen-bond acceptors (Lipinski definition) is 2. The minimum absolute atomic E-state index is 0. The topological polar surface area (TPSA) is 57.5 Å². The fraction of sp³-hybridized carbons (Fsp3) is 0.750. The molecule has 0 fully saturated rings. The Morgan fingerprint density at radius 3 is 2.12 bits per heavy atom. The van der Waals surface area contributed by atoms with Crippen molar-refractivity contribution < 1.29 is 15.0 Å². The van der Waals surface area contributed by atoms with Crippen LogP contribution in [0.2, 0.25) is 0 Å². The maximum Gasteiger partial charge on any atom is 0.305 e. The van der Waals surface area contributed by atoms with E-state index in [2.05, 4.69) is 0 Å². The van der Waals surface area contributed by atoms with Crippen LogP contribution in [0.1, 0.15) is 13.3 Å². The van der Waals surface area contributed by atoms with Crippen LogP contribution in [0.5, 0.6) is 0 Å². The zero-order valence-electron chi connectivity index (χ0n) is 5.09. The van der Waals surface area contributed by atoms with Gasteiger partial charge in [0.2, 0.25) is 0 Å². The summed E-state index contributed by atoms with van der Waals surface area (Å²) in [6, 6.07) is 0. The van der Waals surface area contributed by atoms with Gasteiger partial charge in [0.25, 0.3) is 0 Å². The third-order valence-electron chi connectivity index (χ3n) is 0.470. The van der Waals surface area contributed by atoms with Crippen molar-refractivity contribution >= 4 is 35.5 Å². The number of carboxylic acid groups (broad SMARTS) is 1. The number of carboxylic acids is 1. The minimum atomic E-state index is -0.963. The van der Waals surface area contributed by atoms with Crippen molar-refractivity contribution in [1.29, 1.82) is 0 Å². The normalized spacial score (nSPS) is 11.8. The Kier molecular flexibility index (Phi) is 7.83. The van der Waals surface area contributed by atoms with Crippen molar-refractivity contribution in [2.75, 3.05) is 0 Å². The van der Waals surface area contributed by atoms with Crippen LogP contribution in [-0.4, -0.2) is 51.8 Å². The Labute approximate surface area is 70.0 Å². The number of carbonyl (C=O) groups is 1. The van der Waals surface area contributed by atoms with Crippen molar-refractivity contribution in [1.82, 2.24) is 0 Å². The summed E-state index contributed by atoms with van der Waals surface area (Å²) in [6.07, 6.45) is -0.891. The number of aliphatic hydroxyl groups excluding tert-OH is 1. The van der Waals surface area contributed by atoms with Crippen molar-refractivity contribution in [3.8, 4) is 0 Å². The molecule has 0 saturated heterocycles. The molecular formula is C4H8NaO3. The van der Waals surface area contributed by atoms with E-state index in [1.54, 1.807) is 0 Å². The van der Waals surface area contributed by atoms with Gasteiger partial charge in [0.1, 0.15) is 0 Å². The molecule has 1 radical (unpaired) electrons. The largest absolute Gasteiger partial charge is 0.481 e. The van der Waals surface area contributed by atoms with Gasteiger partial charge in [-0.25, -0.2) is 0 Å². The molecule has 0 spiro atoms. The zero-order chi connectivity index (χ0) is 5.86. The average Bonchev–Trinajstić information content (AvgIpc) is 1.27. The van der Waals surface area contributed by atoms with E-state index in [0.717, 1.165) is 0 Å². The molecule has 0 aliphatic heterocycles. The van der Waals surface area contributed by atoms with Gasteiger partial charge in [-0.1, -0.05) is 0 Å². The molecule has 0 aromatic carbocycles.